The Kier molecular flexibility index (Phi) is 2.96. The molecule has 70 valence electrons. The van der Waals surface area contributed by atoms with Gasteiger partial charge in [-0.1, -0.05) is 5.10 Å². The molecule has 0 saturated carbocycles. The third kappa shape index (κ3) is 2.26. The molecule has 0 spiro atoms. The second-order valence-corrected chi connectivity index (χ2v) is 2.22. The van der Waals surface area contributed by atoms with Crippen LogP contribution in [-0.2, 0) is 16.0 Å². The zero-order chi connectivity index (χ0) is 9.68. The molecule has 0 bridgehead atoms. The van der Waals surface area contributed by atoms with E-state index in [4.69, 9.17) is 0 Å². The van der Waals surface area contributed by atoms with Crippen LogP contribution >= 0.6 is 0 Å². The van der Waals surface area contributed by atoms with E-state index in [1.165, 1.54) is 6.20 Å². The van der Waals surface area contributed by atoms with Gasteiger partial charge in [0, 0.05) is 6.42 Å². The Hall–Kier alpha value is -1.92. The highest BCUT2D eigenvalue weighted by molar-refractivity contribution is 5.37. The number of rotatable bonds is 5. The summed E-state index contributed by atoms with van der Waals surface area (Å²) in [5.74, 6) is -0.158. The van der Waals surface area contributed by atoms with E-state index in [0.29, 0.717) is 12.0 Å². The molecule has 1 aromatic rings. The fraction of sp³-hybridized carbons (Fsp3) is 0.333. The monoisotopic (exact) mass is 185 g/mol. The number of carbonyl (C=O) groups excluding carboxylic acids is 1. The lowest BCUT2D eigenvalue weighted by Crippen LogP contribution is -1.99. The Morgan fingerprint density at radius 2 is 2.54 bits per heavy atom. The first-order chi connectivity index (χ1) is 6.25. The van der Waals surface area contributed by atoms with Gasteiger partial charge in [0.05, 0.1) is 18.4 Å². The molecule has 0 aliphatic heterocycles. The molecule has 1 aromatic heterocycles. The summed E-state index contributed by atoms with van der Waals surface area (Å²) in [4.78, 5) is 19.5. The summed E-state index contributed by atoms with van der Waals surface area (Å²) in [6.07, 6.45) is 1.62. The van der Waals surface area contributed by atoms with Crippen LogP contribution in [0, 0.1) is 10.1 Å². The maximum atomic E-state index is 10.3. The molecule has 7 nitrogen and oxygen atoms in total. The predicted molar refractivity (Wildman–Crippen MR) is 41.0 cm³/mol. The van der Waals surface area contributed by atoms with Crippen molar-refractivity contribution in [2.75, 3.05) is 6.61 Å². The number of ether oxygens (including phenoxy) is 1. The molecule has 13 heavy (non-hydrogen) atoms. The molecule has 0 atom stereocenters. The van der Waals surface area contributed by atoms with Gasteiger partial charge in [0.25, 0.3) is 6.47 Å². The standard InChI is InChI=1S/C6H7N3O4/c10-4-13-2-1-5-3-7-8-6(5)9(11)12/h3-4H,1-2H2,(H,7,8). The van der Waals surface area contributed by atoms with Crippen LogP contribution in [0.25, 0.3) is 0 Å². The van der Waals surface area contributed by atoms with Crippen molar-refractivity contribution in [1.82, 2.24) is 10.2 Å². The lowest BCUT2D eigenvalue weighted by atomic mass is 10.2. The second-order valence-electron chi connectivity index (χ2n) is 2.22. The topological polar surface area (TPSA) is 98.1 Å². The number of H-pyrrole nitrogens is 1. The zero-order valence-electron chi connectivity index (χ0n) is 6.60. The summed E-state index contributed by atoms with van der Waals surface area (Å²) in [6, 6.07) is 0. The Bertz CT molecular complexity index is 309. The molecular weight excluding hydrogens is 178 g/mol. The SMILES string of the molecule is O=COCCc1cn[nH]c1[N+](=O)[O-]. The first kappa shape index (κ1) is 9.17. The number of carbonyl (C=O) groups is 1. The van der Waals surface area contributed by atoms with Gasteiger partial charge >= 0.3 is 5.82 Å². The van der Waals surface area contributed by atoms with Crippen molar-refractivity contribution in [3.05, 3.63) is 21.9 Å². The van der Waals surface area contributed by atoms with Crippen molar-refractivity contribution in [3.63, 3.8) is 0 Å². The van der Waals surface area contributed by atoms with E-state index in [-0.39, 0.29) is 18.8 Å². The molecule has 1 heterocycles. The number of aromatic nitrogens is 2. The minimum atomic E-state index is -0.566. The fourth-order valence-electron chi connectivity index (χ4n) is 0.862. The summed E-state index contributed by atoms with van der Waals surface area (Å²) in [5.41, 5.74) is 0.423. The van der Waals surface area contributed by atoms with Crippen LogP contribution < -0.4 is 0 Å². The first-order valence-corrected chi connectivity index (χ1v) is 3.47. The molecule has 0 unspecified atom stereocenters. The maximum Gasteiger partial charge on any atom is 0.345 e. The highest BCUT2D eigenvalue weighted by Crippen LogP contribution is 2.13. The van der Waals surface area contributed by atoms with Crippen molar-refractivity contribution in [1.29, 1.82) is 0 Å². The summed E-state index contributed by atoms with van der Waals surface area (Å²) < 4.78 is 4.40. The number of nitrogens with zero attached hydrogens (tertiary/aromatic N) is 2. The Morgan fingerprint density at radius 3 is 3.15 bits per heavy atom. The Morgan fingerprint density at radius 1 is 1.77 bits per heavy atom. The number of hydrogen-bond acceptors (Lipinski definition) is 5. The van der Waals surface area contributed by atoms with Gasteiger partial charge in [0.2, 0.25) is 0 Å². The van der Waals surface area contributed by atoms with E-state index in [2.05, 4.69) is 14.9 Å². The fourth-order valence-corrected chi connectivity index (χ4v) is 0.862. The average molecular weight is 185 g/mol. The summed E-state index contributed by atoms with van der Waals surface area (Å²) in [5, 5.41) is 16.1. The Labute approximate surface area is 72.9 Å². The maximum absolute atomic E-state index is 10.3. The summed E-state index contributed by atoms with van der Waals surface area (Å²) in [7, 11) is 0. The van der Waals surface area contributed by atoms with E-state index in [1.54, 1.807) is 0 Å². The van der Waals surface area contributed by atoms with E-state index in [0.717, 1.165) is 0 Å². The van der Waals surface area contributed by atoms with Crippen molar-refractivity contribution in [2.45, 2.75) is 6.42 Å². The molecule has 0 amide bonds. The second kappa shape index (κ2) is 4.19. The molecule has 0 fully saturated rings. The largest absolute Gasteiger partial charge is 0.468 e. The lowest BCUT2D eigenvalue weighted by molar-refractivity contribution is -0.390. The van der Waals surface area contributed by atoms with Gasteiger partial charge in [-0.2, -0.15) is 0 Å². The minimum absolute atomic E-state index is 0.115. The van der Waals surface area contributed by atoms with Gasteiger partial charge in [0.15, 0.2) is 0 Å². The van der Waals surface area contributed by atoms with Crippen LogP contribution in [0.3, 0.4) is 0 Å². The van der Waals surface area contributed by atoms with Gasteiger partial charge in [0.1, 0.15) is 0 Å². The molecular formula is C6H7N3O4. The van der Waals surface area contributed by atoms with Crippen LogP contribution in [0.2, 0.25) is 0 Å². The number of aromatic amines is 1. The summed E-state index contributed by atoms with van der Waals surface area (Å²) in [6.45, 7) is 0.412. The normalized spacial score (nSPS) is 9.54. The van der Waals surface area contributed by atoms with Gasteiger partial charge < -0.3 is 14.9 Å². The number of hydrogen-bond donors (Lipinski definition) is 1. The number of nitro groups is 1. The number of nitrogens with one attached hydrogen (secondary N) is 1. The molecule has 0 aromatic carbocycles. The van der Waals surface area contributed by atoms with Crippen molar-refractivity contribution < 1.29 is 14.5 Å². The third-order valence-electron chi connectivity index (χ3n) is 1.43. The average Bonchev–Trinajstić information content (AvgIpc) is 2.53. The molecule has 0 aliphatic carbocycles. The highest BCUT2D eigenvalue weighted by Gasteiger charge is 2.13. The van der Waals surface area contributed by atoms with E-state index in [1.807, 2.05) is 0 Å². The molecule has 1 rings (SSSR count). The molecule has 7 heteroatoms. The zero-order valence-corrected chi connectivity index (χ0v) is 6.60. The Balaban J connectivity index is 2.60. The van der Waals surface area contributed by atoms with Crippen molar-refractivity contribution in [3.8, 4) is 0 Å². The molecule has 1 N–H and O–H groups in total. The van der Waals surface area contributed by atoms with Crippen LogP contribution in [0.15, 0.2) is 6.20 Å². The molecule has 0 aliphatic rings. The van der Waals surface area contributed by atoms with Gasteiger partial charge in [-0.05, 0) is 4.92 Å². The van der Waals surface area contributed by atoms with Crippen LogP contribution in [-0.4, -0.2) is 28.2 Å². The van der Waals surface area contributed by atoms with Crippen LogP contribution in [0.4, 0.5) is 5.82 Å². The highest BCUT2D eigenvalue weighted by atomic mass is 16.6. The third-order valence-corrected chi connectivity index (χ3v) is 1.43. The first-order valence-electron chi connectivity index (χ1n) is 3.47. The minimum Gasteiger partial charge on any atom is -0.468 e. The van der Waals surface area contributed by atoms with E-state index >= 15 is 0 Å². The molecule has 0 saturated heterocycles. The van der Waals surface area contributed by atoms with Gasteiger partial charge in [-0.25, -0.2) is 0 Å². The quantitative estimate of drug-likeness (QED) is 0.302. The van der Waals surface area contributed by atoms with E-state index < -0.39 is 4.92 Å². The van der Waals surface area contributed by atoms with Crippen LogP contribution in [0.1, 0.15) is 5.56 Å². The molecule has 0 radical (unpaired) electrons. The van der Waals surface area contributed by atoms with E-state index in [9.17, 15) is 14.9 Å². The lowest BCUT2D eigenvalue weighted by Gasteiger charge is -1.96. The van der Waals surface area contributed by atoms with Gasteiger partial charge in [-0.3, -0.25) is 4.79 Å². The van der Waals surface area contributed by atoms with Crippen LogP contribution in [0.5, 0.6) is 0 Å². The summed E-state index contributed by atoms with van der Waals surface area (Å²) >= 11 is 0. The van der Waals surface area contributed by atoms with Crippen molar-refractivity contribution >= 4 is 12.3 Å². The van der Waals surface area contributed by atoms with Gasteiger partial charge in [-0.15, -0.1) is 5.10 Å². The predicted octanol–water partition coefficient (Wildman–Crippen LogP) is 0.0334. The smallest absolute Gasteiger partial charge is 0.345 e. The van der Waals surface area contributed by atoms with Crippen molar-refractivity contribution in [2.24, 2.45) is 0 Å².